The molecule has 2 aromatic carbocycles. The molecule has 2 aromatic rings. The summed E-state index contributed by atoms with van der Waals surface area (Å²) in [6.07, 6.45) is 1.64. The number of primary amides is 1. The zero-order valence-electron chi connectivity index (χ0n) is 13.1. The van der Waals surface area contributed by atoms with Crippen molar-refractivity contribution in [2.75, 3.05) is 20.1 Å². The molecular formula is C19H24N2O. The zero-order valence-corrected chi connectivity index (χ0v) is 13.1. The second-order valence-corrected chi connectivity index (χ2v) is 5.77. The van der Waals surface area contributed by atoms with Crippen LogP contribution in [-0.2, 0) is 10.2 Å². The highest BCUT2D eigenvalue weighted by Crippen LogP contribution is 2.34. The van der Waals surface area contributed by atoms with Gasteiger partial charge in [0.05, 0.1) is 5.41 Å². The van der Waals surface area contributed by atoms with Gasteiger partial charge in [0.2, 0.25) is 5.91 Å². The minimum atomic E-state index is -0.451. The monoisotopic (exact) mass is 296 g/mol. The van der Waals surface area contributed by atoms with E-state index in [1.54, 1.807) is 0 Å². The summed E-state index contributed by atoms with van der Waals surface area (Å²) in [6, 6.07) is 21.9. The molecule has 1 aliphatic rings. The van der Waals surface area contributed by atoms with Gasteiger partial charge in [-0.3, -0.25) is 4.79 Å². The maximum absolute atomic E-state index is 11.8. The molecule has 1 heterocycles. The molecule has 0 spiro atoms. The maximum Gasteiger partial charge on any atom is 0.228 e. The van der Waals surface area contributed by atoms with E-state index in [0.717, 1.165) is 31.5 Å². The van der Waals surface area contributed by atoms with E-state index < -0.39 is 5.41 Å². The summed E-state index contributed by atoms with van der Waals surface area (Å²) in [5, 5.41) is 0. The number of rotatable bonds is 2. The highest BCUT2D eigenvalue weighted by Gasteiger charge is 2.40. The Labute approximate surface area is 132 Å². The summed E-state index contributed by atoms with van der Waals surface area (Å²) in [4.78, 5) is 14.0. The van der Waals surface area contributed by atoms with Crippen LogP contribution in [0.4, 0.5) is 0 Å². The number of hydrogen-bond acceptors (Lipinski definition) is 2. The van der Waals surface area contributed by atoms with E-state index >= 15 is 0 Å². The number of likely N-dealkylation sites (tertiary alicyclic amines) is 1. The van der Waals surface area contributed by atoms with E-state index in [9.17, 15) is 4.79 Å². The van der Waals surface area contributed by atoms with Crippen LogP contribution in [0.5, 0.6) is 0 Å². The number of nitrogens with zero attached hydrogens (tertiary/aromatic N) is 1. The van der Waals surface area contributed by atoms with Crippen LogP contribution in [0.25, 0.3) is 0 Å². The predicted molar refractivity (Wildman–Crippen MR) is 90.5 cm³/mol. The van der Waals surface area contributed by atoms with Gasteiger partial charge in [-0.25, -0.2) is 0 Å². The Kier molecular flexibility index (Phi) is 5.73. The number of amides is 1. The van der Waals surface area contributed by atoms with Gasteiger partial charge in [0.25, 0.3) is 0 Å². The van der Waals surface area contributed by atoms with E-state index in [-0.39, 0.29) is 5.91 Å². The van der Waals surface area contributed by atoms with Gasteiger partial charge in [-0.2, -0.15) is 0 Å². The molecular weight excluding hydrogens is 272 g/mol. The first kappa shape index (κ1) is 16.2. The van der Waals surface area contributed by atoms with Crippen molar-refractivity contribution in [3.8, 4) is 0 Å². The van der Waals surface area contributed by atoms with E-state index in [0.29, 0.717) is 0 Å². The van der Waals surface area contributed by atoms with Gasteiger partial charge in [-0.1, -0.05) is 66.7 Å². The van der Waals surface area contributed by atoms with Crippen LogP contribution in [0.3, 0.4) is 0 Å². The molecule has 0 aromatic heterocycles. The number of carbonyl (C=O) groups is 1. The van der Waals surface area contributed by atoms with Crippen molar-refractivity contribution in [2.45, 2.75) is 18.3 Å². The SMILES string of the molecule is CN1CCC(C(N)=O)(c2ccccc2)CC1.c1ccccc1. The van der Waals surface area contributed by atoms with Gasteiger partial charge in [-0.15, -0.1) is 0 Å². The van der Waals surface area contributed by atoms with Crippen LogP contribution in [0.1, 0.15) is 18.4 Å². The first-order valence-corrected chi connectivity index (χ1v) is 7.69. The smallest absolute Gasteiger partial charge is 0.228 e. The van der Waals surface area contributed by atoms with Crippen LogP contribution in [-0.4, -0.2) is 30.9 Å². The molecule has 2 N–H and O–H groups in total. The molecule has 0 saturated carbocycles. The third-order valence-corrected chi connectivity index (χ3v) is 4.31. The summed E-state index contributed by atoms with van der Waals surface area (Å²) in [7, 11) is 2.08. The highest BCUT2D eigenvalue weighted by molar-refractivity contribution is 5.86. The van der Waals surface area contributed by atoms with E-state index in [1.165, 1.54) is 0 Å². The molecule has 1 fully saturated rings. The predicted octanol–water partition coefficient (Wildman–Crippen LogP) is 2.82. The van der Waals surface area contributed by atoms with Crippen LogP contribution in [0, 0.1) is 0 Å². The minimum absolute atomic E-state index is 0.188. The third kappa shape index (κ3) is 3.95. The maximum atomic E-state index is 11.8. The Bertz CT molecular complexity index is 534. The van der Waals surface area contributed by atoms with Gasteiger partial charge in [0, 0.05) is 0 Å². The van der Waals surface area contributed by atoms with E-state index in [4.69, 9.17) is 5.73 Å². The van der Waals surface area contributed by atoms with Crippen molar-refractivity contribution in [1.82, 2.24) is 4.90 Å². The molecule has 22 heavy (non-hydrogen) atoms. The molecule has 0 radical (unpaired) electrons. The number of carbonyl (C=O) groups excluding carboxylic acids is 1. The minimum Gasteiger partial charge on any atom is -0.369 e. The number of nitrogens with two attached hydrogens (primary N) is 1. The van der Waals surface area contributed by atoms with Crippen molar-refractivity contribution in [2.24, 2.45) is 5.73 Å². The Balaban J connectivity index is 0.000000246. The van der Waals surface area contributed by atoms with Gasteiger partial charge in [-0.05, 0) is 38.5 Å². The Morgan fingerprint density at radius 3 is 1.73 bits per heavy atom. The lowest BCUT2D eigenvalue weighted by Crippen LogP contribution is -2.49. The van der Waals surface area contributed by atoms with Gasteiger partial charge < -0.3 is 10.6 Å². The second-order valence-electron chi connectivity index (χ2n) is 5.77. The molecule has 1 saturated heterocycles. The van der Waals surface area contributed by atoms with E-state index in [2.05, 4.69) is 11.9 Å². The third-order valence-electron chi connectivity index (χ3n) is 4.31. The molecule has 0 aliphatic carbocycles. The van der Waals surface area contributed by atoms with Crippen LogP contribution < -0.4 is 5.73 Å². The topological polar surface area (TPSA) is 46.3 Å². The molecule has 3 nitrogen and oxygen atoms in total. The first-order valence-electron chi connectivity index (χ1n) is 7.69. The summed E-state index contributed by atoms with van der Waals surface area (Å²) in [6.45, 7) is 1.86. The Morgan fingerprint density at radius 2 is 1.32 bits per heavy atom. The van der Waals surface area contributed by atoms with Crippen molar-refractivity contribution in [1.29, 1.82) is 0 Å². The number of hydrogen-bond donors (Lipinski definition) is 1. The molecule has 116 valence electrons. The largest absolute Gasteiger partial charge is 0.369 e. The molecule has 0 unspecified atom stereocenters. The van der Waals surface area contributed by atoms with E-state index in [1.807, 2.05) is 66.7 Å². The average Bonchev–Trinajstić information content (AvgIpc) is 2.58. The molecule has 0 atom stereocenters. The first-order chi connectivity index (χ1) is 10.6. The number of benzene rings is 2. The molecule has 3 rings (SSSR count). The van der Waals surface area contributed by atoms with Crippen molar-refractivity contribution < 1.29 is 4.79 Å². The van der Waals surface area contributed by atoms with Gasteiger partial charge >= 0.3 is 0 Å². The highest BCUT2D eigenvalue weighted by atomic mass is 16.1. The summed E-state index contributed by atoms with van der Waals surface area (Å²) >= 11 is 0. The fourth-order valence-corrected chi connectivity index (χ4v) is 2.82. The van der Waals surface area contributed by atoms with Crippen molar-refractivity contribution >= 4 is 5.91 Å². The average molecular weight is 296 g/mol. The van der Waals surface area contributed by atoms with Gasteiger partial charge in [0.15, 0.2) is 0 Å². The summed E-state index contributed by atoms with van der Waals surface area (Å²) in [5.74, 6) is -0.188. The Morgan fingerprint density at radius 1 is 0.909 bits per heavy atom. The van der Waals surface area contributed by atoms with Crippen molar-refractivity contribution in [3.05, 3.63) is 72.3 Å². The summed E-state index contributed by atoms with van der Waals surface area (Å²) in [5.41, 5.74) is 6.24. The van der Waals surface area contributed by atoms with Gasteiger partial charge in [0.1, 0.15) is 0 Å². The lowest BCUT2D eigenvalue weighted by atomic mass is 9.72. The standard InChI is InChI=1S/C13H18N2O.C6H6/c1-15-9-7-13(8-10-15,12(14)16)11-5-3-2-4-6-11;1-2-4-6-5-3-1/h2-6H,7-10H2,1H3,(H2,14,16);1-6H. The number of piperidine rings is 1. The normalized spacial score (nSPS) is 17.1. The van der Waals surface area contributed by atoms with Crippen LogP contribution in [0.15, 0.2) is 66.7 Å². The molecule has 1 aliphatic heterocycles. The lowest BCUT2D eigenvalue weighted by molar-refractivity contribution is -0.125. The lowest BCUT2D eigenvalue weighted by Gasteiger charge is -2.38. The fourth-order valence-electron chi connectivity index (χ4n) is 2.82. The van der Waals surface area contributed by atoms with Crippen LogP contribution >= 0.6 is 0 Å². The molecule has 1 amide bonds. The second kappa shape index (κ2) is 7.76. The Hall–Kier alpha value is -2.13. The molecule has 0 bridgehead atoms. The summed E-state index contributed by atoms with van der Waals surface area (Å²) < 4.78 is 0. The van der Waals surface area contributed by atoms with Crippen LogP contribution in [0.2, 0.25) is 0 Å². The fraction of sp³-hybridized carbons (Fsp3) is 0.316. The molecule has 3 heteroatoms. The zero-order chi connectivity index (χ0) is 15.8. The van der Waals surface area contributed by atoms with Crippen molar-refractivity contribution in [3.63, 3.8) is 0 Å². The quantitative estimate of drug-likeness (QED) is 0.926.